The molecule has 0 radical (unpaired) electrons. The molecular formula is C21H24N2O4S. The zero-order valence-corrected chi connectivity index (χ0v) is 16.6. The third kappa shape index (κ3) is 5.66. The molecule has 1 aliphatic carbocycles. The van der Waals surface area contributed by atoms with Gasteiger partial charge >= 0.3 is 5.97 Å². The lowest BCUT2D eigenvalue weighted by Crippen LogP contribution is -2.38. The molecule has 1 aromatic heterocycles. The Labute approximate surface area is 168 Å². The van der Waals surface area contributed by atoms with E-state index in [1.165, 1.54) is 11.3 Å². The zero-order valence-electron chi connectivity index (χ0n) is 15.8. The van der Waals surface area contributed by atoms with Crippen molar-refractivity contribution in [1.82, 2.24) is 5.32 Å². The van der Waals surface area contributed by atoms with Crippen LogP contribution in [0.3, 0.4) is 0 Å². The van der Waals surface area contributed by atoms with Crippen molar-refractivity contribution in [3.63, 3.8) is 0 Å². The van der Waals surface area contributed by atoms with E-state index in [0.29, 0.717) is 17.0 Å². The van der Waals surface area contributed by atoms with Crippen LogP contribution in [0.15, 0.2) is 41.1 Å². The van der Waals surface area contributed by atoms with E-state index < -0.39 is 5.97 Å². The number of carbonyl (C=O) groups is 3. The van der Waals surface area contributed by atoms with Crippen molar-refractivity contribution < 1.29 is 19.1 Å². The minimum Gasteiger partial charge on any atom is -0.426 e. The van der Waals surface area contributed by atoms with Crippen molar-refractivity contribution in [2.75, 3.05) is 5.32 Å². The highest BCUT2D eigenvalue weighted by Gasteiger charge is 2.24. The van der Waals surface area contributed by atoms with Crippen molar-refractivity contribution in [2.24, 2.45) is 5.92 Å². The molecule has 1 atom stereocenters. The maximum absolute atomic E-state index is 12.1. The van der Waals surface area contributed by atoms with Gasteiger partial charge in [0.05, 0.1) is 12.0 Å². The molecule has 0 aliphatic heterocycles. The van der Waals surface area contributed by atoms with Crippen LogP contribution in [0.2, 0.25) is 0 Å². The Morgan fingerprint density at radius 2 is 1.86 bits per heavy atom. The Hall–Kier alpha value is -2.67. The normalized spacial score (nSPS) is 15.0. The topological polar surface area (TPSA) is 84.5 Å². The van der Waals surface area contributed by atoms with Gasteiger partial charge in [0.15, 0.2) is 0 Å². The van der Waals surface area contributed by atoms with Crippen LogP contribution in [0.25, 0.3) is 0 Å². The summed E-state index contributed by atoms with van der Waals surface area (Å²) in [4.78, 5) is 36.2. The molecule has 0 saturated heterocycles. The second-order valence-corrected chi connectivity index (χ2v) is 7.84. The Morgan fingerprint density at radius 1 is 1.14 bits per heavy atom. The second-order valence-electron chi connectivity index (χ2n) is 7.06. The van der Waals surface area contributed by atoms with Crippen LogP contribution in [-0.2, 0) is 9.59 Å². The van der Waals surface area contributed by atoms with Crippen LogP contribution in [0.1, 0.15) is 49.4 Å². The van der Waals surface area contributed by atoms with Crippen molar-refractivity contribution in [1.29, 1.82) is 0 Å². The molecule has 7 heteroatoms. The van der Waals surface area contributed by atoms with Crippen LogP contribution >= 0.6 is 11.3 Å². The summed E-state index contributed by atoms with van der Waals surface area (Å²) in [6.07, 6.45) is 4.15. The fourth-order valence-electron chi connectivity index (χ4n) is 3.23. The van der Waals surface area contributed by atoms with Crippen molar-refractivity contribution in [3.8, 4) is 5.75 Å². The molecule has 2 N–H and O–H groups in total. The summed E-state index contributed by atoms with van der Waals surface area (Å²) in [6, 6.07) is 8.09. The first-order chi connectivity index (χ1) is 13.5. The molecule has 148 valence electrons. The third-order valence-electron chi connectivity index (χ3n) is 4.71. The number of rotatable bonds is 7. The standard InChI is InChI=1S/C21H24N2O4S/c1-14(22-20(25)15-4-2-3-5-15)12-19(24)27-18-8-6-17(7-9-18)23-21(26)16-10-11-28-13-16/h6-11,13-15H,2-5,12H2,1H3,(H,22,25)(H,23,26). The molecule has 1 unspecified atom stereocenters. The number of carbonyl (C=O) groups excluding carboxylic acids is 3. The number of anilines is 1. The molecule has 0 spiro atoms. The highest BCUT2D eigenvalue weighted by atomic mass is 32.1. The molecule has 0 bridgehead atoms. The van der Waals surface area contributed by atoms with E-state index in [1.54, 1.807) is 42.6 Å². The number of nitrogens with one attached hydrogen (secondary N) is 2. The van der Waals surface area contributed by atoms with Gasteiger partial charge in [-0.25, -0.2) is 0 Å². The number of ether oxygens (including phenoxy) is 1. The smallest absolute Gasteiger partial charge is 0.313 e. The SMILES string of the molecule is CC(CC(=O)Oc1ccc(NC(=O)c2ccsc2)cc1)NC(=O)C1CCCC1. The first kappa shape index (κ1) is 20.1. The molecule has 6 nitrogen and oxygen atoms in total. The molecule has 2 aromatic rings. The van der Waals surface area contributed by atoms with E-state index in [4.69, 9.17) is 4.74 Å². The van der Waals surface area contributed by atoms with E-state index in [-0.39, 0.29) is 30.2 Å². The van der Waals surface area contributed by atoms with Crippen LogP contribution in [0, 0.1) is 5.92 Å². The highest BCUT2D eigenvalue weighted by Crippen LogP contribution is 2.25. The zero-order chi connectivity index (χ0) is 19.9. The quantitative estimate of drug-likeness (QED) is 0.544. The molecule has 1 heterocycles. The lowest BCUT2D eigenvalue weighted by Gasteiger charge is -2.16. The molecule has 1 aromatic carbocycles. The Balaban J connectivity index is 1.44. The number of benzene rings is 1. The summed E-state index contributed by atoms with van der Waals surface area (Å²) in [5.41, 5.74) is 1.22. The fraction of sp³-hybridized carbons (Fsp3) is 0.381. The molecule has 2 amide bonds. The average molecular weight is 401 g/mol. The van der Waals surface area contributed by atoms with E-state index in [0.717, 1.165) is 25.7 Å². The van der Waals surface area contributed by atoms with E-state index in [2.05, 4.69) is 10.6 Å². The molecule has 1 saturated carbocycles. The van der Waals surface area contributed by atoms with Gasteiger partial charge in [0.2, 0.25) is 5.91 Å². The summed E-state index contributed by atoms with van der Waals surface area (Å²) in [6.45, 7) is 1.80. The van der Waals surface area contributed by atoms with Gasteiger partial charge in [-0.2, -0.15) is 11.3 Å². The Bertz CT molecular complexity index is 811. The van der Waals surface area contributed by atoms with Crippen LogP contribution in [0.5, 0.6) is 5.75 Å². The summed E-state index contributed by atoms with van der Waals surface area (Å²) in [5, 5.41) is 9.30. The summed E-state index contributed by atoms with van der Waals surface area (Å²) >= 11 is 1.46. The molecule has 3 rings (SSSR count). The van der Waals surface area contributed by atoms with Crippen molar-refractivity contribution >= 4 is 34.8 Å². The fourth-order valence-corrected chi connectivity index (χ4v) is 3.86. The lowest BCUT2D eigenvalue weighted by molar-refractivity contribution is -0.135. The summed E-state index contributed by atoms with van der Waals surface area (Å²) < 4.78 is 5.32. The van der Waals surface area contributed by atoms with Gasteiger partial charge < -0.3 is 15.4 Å². The van der Waals surface area contributed by atoms with Crippen molar-refractivity contribution in [3.05, 3.63) is 46.7 Å². The largest absolute Gasteiger partial charge is 0.426 e. The lowest BCUT2D eigenvalue weighted by atomic mass is 10.1. The van der Waals surface area contributed by atoms with Crippen molar-refractivity contribution in [2.45, 2.75) is 45.1 Å². The van der Waals surface area contributed by atoms with E-state index >= 15 is 0 Å². The van der Waals surface area contributed by atoms with Crippen LogP contribution in [0.4, 0.5) is 5.69 Å². The Kier molecular flexibility index (Phi) is 6.81. The summed E-state index contributed by atoms with van der Waals surface area (Å²) in [5.74, 6) is -0.0845. The molecule has 1 fully saturated rings. The summed E-state index contributed by atoms with van der Waals surface area (Å²) in [7, 11) is 0. The van der Waals surface area contributed by atoms with Gasteiger partial charge in [0.1, 0.15) is 5.75 Å². The second kappa shape index (κ2) is 9.50. The van der Waals surface area contributed by atoms with Gasteiger partial charge in [0.25, 0.3) is 5.91 Å². The maximum Gasteiger partial charge on any atom is 0.313 e. The monoisotopic (exact) mass is 400 g/mol. The predicted molar refractivity (Wildman–Crippen MR) is 109 cm³/mol. The Morgan fingerprint density at radius 3 is 2.50 bits per heavy atom. The number of hydrogen-bond acceptors (Lipinski definition) is 5. The van der Waals surface area contributed by atoms with Crippen LogP contribution < -0.4 is 15.4 Å². The number of thiophene rings is 1. The van der Waals surface area contributed by atoms with E-state index in [9.17, 15) is 14.4 Å². The third-order valence-corrected chi connectivity index (χ3v) is 5.40. The van der Waals surface area contributed by atoms with Gasteiger partial charge in [-0.1, -0.05) is 12.8 Å². The van der Waals surface area contributed by atoms with Crippen LogP contribution in [-0.4, -0.2) is 23.8 Å². The van der Waals surface area contributed by atoms with Gasteiger partial charge in [-0.05, 0) is 55.5 Å². The first-order valence-corrected chi connectivity index (χ1v) is 10.4. The molecule has 28 heavy (non-hydrogen) atoms. The van der Waals surface area contributed by atoms with Gasteiger partial charge in [-0.3, -0.25) is 14.4 Å². The van der Waals surface area contributed by atoms with Gasteiger partial charge in [0, 0.05) is 23.0 Å². The average Bonchev–Trinajstić information content (AvgIpc) is 3.37. The van der Waals surface area contributed by atoms with E-state index in [1.807, 2.05) is 5.38 Å². The molecule has 1 aliphatic rings. The number of hydrogen-bond donors (Lipinski definition) is 2. The minimum atomic E-state index is -0.408. The van der Waals surface area contributed by atoms with Gasteiger partial charge in [-0.15, -0.1) is 0 Å². The first-order valence-electron chi connectivity index (χ1n) is 9.46. The number of esters is 1. The minimum absolute atomic E-state index is 0.0310. The molecular weight excluding hydrogens is 376 g/mol. The number of amides is 2. The highest BCUT2D eigenvalue weighted by molar-refractivity contribution is 7.08. The predicted octanol–water partition coefficient (Wildman–Crippen LogP) is 3.99. The maximum atomic E-state index is 12.1.